The molecule has 4 fully saturated rings. The highest BCUT2D eigenvalue weighted by atomic mass is 127. The smallest absolute Gasteiger partial charge is 0.193 e. The molecule has 0 spiro atoms. The highest BCUT2D eigenvalue weighted by molar-refractivity contribution is 14.0. The van der Waals surface area contributed by atoms with Gasteiger partial charge in [-0.3, -0.25) is 4.99 Å². The van der Waals surface area contributed by atoms with Crippen LogP contribution in [-0.2, 0) is 0 Å². The molecular weight excluding hydrogens is 373 g/mol. The maximum absolute atomic E-state index is 4.57. The SMILES string of the molecule is CN=C(NCC1(C2CC2)CC1)N1CC2CCCCC2C1.I. The van der Waals surface area contributed by atoms with Crippen molar-refractivity contribution in [1.82, 2.24) is 10.2 Å². The lowest BCUT2D eigenvalue weighted by Gasteiger charge is -2.24. The minimum absolute atomic E-state index is 0. The summed E-state index contributed by atoms with van der Waals surface area (Å²) in [6.45, 7) is 3.68. The van der Waals surface area contributed by atoms with Crippen LogP contribution in [0.2, 0.25) is 0 Å². The molecule has 3 saturated carbocycles. The van der Waals surface area contributed by atoms with E-state index in [1.165, 1.54) is 77.0 Å². The summed E-state index contributed by atoms with van der Waals surface area (Å²) in [5.41, 5.74) is 0.669. The van der Waals surface area contributed by atoms with Crippen LogP contribution in [0.1, 0.15) is 51.4 Å². The van der Waals surface area contributed by atoms with E-state index in [1.807, 2.05) is 7.05 Å². The molecule has 0 radical (unpaired) electrons. The second-order valence-electron chi connectivity index (χ2n) is 7.75. The van der Waals surface area contributed by atoms with Gasteiger partial charge in [0.2, 0.25) is 0 Å². The van der Waals surface area contributed by atoms with Gasteiger partial charge in [-0.15, -0.1) is 24.0 Å². The van der Waals surface area contributed by atoms with Gasteiger partial charge in [0.05, 0.1) is 0 Å². The molecule has 0 aromatic carbocycles. The summed E-state index contributed by atoms with van der Waals surface area (Å²) in [4.78, 5) is 7.12. The van der Waals surface area contributed by atoms with Crippen LogP contribution < -0.4 is 5.32 Å². The lowest BCUT2D eigenvalue weighted by Crippen LogP contribution is -2.43. The molecule has 4 heteroatoms. The minimum atomic E-state index is 0. The van der Waals surface area contributed by atoms with Gasteiger partial charge in [-0.2, -0.15) is 0 Å². The van der Waals surface area contributed by atoms with Crippen LogP contribution in [0.5, 0.6) is 0 Å². The van der Waals surface area contributed by atoms with Crippen molar-refractivity contribution >= 4 is 29.9 Å². The van der Waals surface area contributed by atoms with Gasteiger partial charge in [0.25, 0.3) is 0 Å². The molecule has 0 bridgehead atoms. The first-order valence-corrected chi connectivity index (χ1v) is 8.76. The van der Waals surface area contributed by atoms with Crippen LogP contribution in [0.3, 0.4) is 0 Å². The zero-order valence-corrected chi connectivity index (χ0v) is 15.6. The topological polar surface area (TPSA) is 27.6 Å². The van der Waals surface area contributed by atoms with Gasteiger partial charge in [0.15, 0.2) is 5.96 Å². The monoisotopic (exact) mass is 403 g/mol. The number of nitrogens with one attached hydrogen (secondary N) is 1. The van der Waals surface area contributed by atoms with Crippen molar-refractivity contribution in [2.45, 2.75) is 51.4 Å². The van der Waals surface area contributed by atoms with E-state index in [4.69, 9.17) is 0 Å². The average Bonchev–Trinajstić information content (AvgIpc) is 3.36. The molecular formula is C17H30IN3. The van der Waals surface area contributed by atoms with Crippen molar-refractivity contribution in [3.05, 3.63) is 0 Å². The van der Waals surface area contributed by atoms with Crippen molar-refractivity contribution in [3.63, 3.8) is 0 Å². The fourth-order valence-electron chi connectivity index (χ4n) is 4.75. The lowest BCUT2D eigenvalue weighted by molar-refractivity contribution is 0.299. The van der Waals surface area contributed by atoms with Gasteiger partial charge >= 0.3 is 0 Å². The summed E-state index contributed by atoms with van der Waals surface area (Å²) in [6.07, 6.45) is 11.7. The maximum Gasteiger partial charge on any atom is 0.193 e. The molecule has 1 heterocycles. The number of likely N-dealkylation sites (tertiary alicyclic amines) is 1. The quantitative estimate of drug-likeness (QED) is 0.444. The molecule has 3 nitrogen and oxygen atoms in total. The molecule has 1 saturated heterocycles. The third kappa shape index (κ3) is 3.20. The molecule has 21 heavy (non-hydrogen) atoms. The molecule has 3 aliphatic carbocycles. The second-order valence-corrected chi connectivity index (χ2v) is 7.75. The number of nitrogens with zero attached hydrogens (tertiary/aromatic N) is 2. The molecule has 1 aliphatic heterocycles. The summed E-state index contributed by atoms with van der Waals surface area (Å²) in [5.74, 6) is 4.11. The Bertz CT molecular complexity index is 387. The van der Waals surface area contributed by atoms with Gasteiger partial charge < -0.3 is 10.2 Å². The van der Waals surface area contributed by atoms with Crippen LogP contribution in [-0.4, -0.2) is 37.5 Å². The molecule has 0 aromatic rings. The Morgan fingerprint density at radius 3 is 2.19 bits per heavy atom. The summed E-state index contributed by atoms with van der Waals surface area (Å²) in [5, 5.41) is 3.72. The van der Waals surface area contributed by atoms with E-state index in [-0.39, 0.29) is 24.0 Å². The van der Waals surface area contributed by atoms with Crippen LogP contribution in [0, 0.1) is 23.2 Å². The molecule has 120 valence electrons. The number of hydrogen-bond donors (Lipinski definition) is 1. The first kappa shape index (κ1) is 15.9. The van der Waals surface area contributed by atoms with Crippen LogP contribution in [0.15, 0.2) is 4.99 Å². The molecule has 2 unspecified atom stereocenters. The van der Waals surface area contributed by atoms with Gasteiger partial charge in [-0.1, -0.05) is 12.8 Å². The number of hydrogen-bond acceptors (Lipinski definition) is 1. The van der Waals surface area contributed by atoms with Crippen LogP contribution in [0.25, 0.3) is 0 Å². The Labute approximate surface area is 146 Å². The molecule has 4 aliphatic rings. The first-order chi connectivity index (χ1) is 9.81. The van der Waals surface area contributed by atoms with Crippen molar-refractivity contribution in [3.8, 4) is 0 Å². The molecule has 0 aromatic heterocycles. The highest BCUT2D eigenvalue weighted by Gasteiger charge is 2.53. The standard InChI is InChI=1S/C17H29N3.HI/c1-18-16(19-12-17(8-9-17)15-6-7-15)20-10-13-4-2-3-5-14(13)11-20;/h13-15H,2-12H2,1H3,(H,18,19);1H. The highest BCUT2D eigenvalue weighted by Crippen LogP contribution is 2.60. The third-order valence-corrected chi connectivity index (χ3v) is 6.42. The third-order valence-electron chi connectivity index (χ3n) is 6.42. The second kappa shape index (κ2) is 6.25. The van der Waals surface area contributed by atoms with Crippen LogP contribution in [0.4, 0.5) is 0 Å². The molecule has 2 atom stereocenters. The van der Waals surface area contributed by atoms with E-state index in [0.717, 1.165) is 17.8 Å². The van der Waals surface area contributed by atoms with E-state index in [0.29, 0.717) is 5.41 Å². The van der Waals surface area contributed by atoms with E-state index in [1.54, 1.807) is 0 Å². The number of halogens is 1. The summed E-state index contributed by atoms with van der Waals surface area (Å²) in [6, 6.07) is 0. The molecule has 4 rings (SSSR count). The van der Waals surface area contributed by atoms with Gasteiger partial charge in [0.1, 0.15) is 0 Å². The number of rotatable bonds is 3. The van der Waals surface area contributed by atoms with E-state index >= 15 is 0 Å². The predicted molar refractivity (Wildman–Crippen MR) is 98.2 cm³/mol. The Kier molecular flexibility index (Phi) is 4.72. The normalized spacial score (nSPS) is 34.1. The summed E-state index contributed by atoms with van der Waals surface area (Å²) in [7, 11) is 1.96. The minimum Gasteiger partial charge on any atom is -0.356 e. The average molecular weight is 403 g/mol. The van der Waals surface area contributed by atoms with Gasteiger partial charge in [-0.25, -0.2) is 0 Å². The Balaban J connectivity index is 0.00000132. The fourth-order valence-corrected chi connectivity index (χ4v) is 4.75. The van der Waals surface area contributed by atoms with Gasteiger partial charge in [-0.05, 0) is 61.7 Å². The van der Waals surface area contributed by atoms with Crippen molar-refractivity contribution in [2.75, 3.05) is 26.7 Å². The Morgan fingerprint density at radius 2 is 1.71 bits per heavy atom. The van der Waals surface area contributed by atoms with E-state index < -0.39 is 0 Å². The Morgan fingerprint density at radius 1 is 1.10 bits per heavy atom. The first-order valence-electron chi connectivity index (χ1n) is 8.76. The van der Waals surface area contributed by atoms with Crippen LogP contribution >= 0.6 is 24.0 Å². The van der Waals surface area contributed by atoms with E-state index in [2.05, 4.69) is 15.2 Å². The largest absolute Gasteiger partial charge is 0.356 e. The zero-order chi connectivity index (χ0) is 13.6. The number of guanidine groups is 1. The molecule has 1 N–H and O–H groups in total. The molecule has 0 amide bonds. The maximum atomic E-state index is 4.57. The number of fused-ring (bicyclic) bond motifs is 1. The van der Waals surface area contributed by atoms with Crippen molar-refractivity contribution < 1.29 is 0 Å². The number of aliphatic imine (C=N–C) groups is 1. The van der Waals surface area contributed by atoms with Gasteiger partial charge in [0, 0.05) is 26.7 Å². The lowest BCUT2D eigenvalue weighted by atomic mass is 9.82. The zero-order valence-electron chi connectivity index (χ0n) is 13.3. The predicted octanol–water partition coefficient (Wildman–Crippen LogP) is 3.49. The summed E-state index contributed by atoms with van der Waals surface area (Å²) >= 11 is 0. The summed E-state index contributed by atoms with van der Waals surface area (Å²) < 4.78 is 0. The van der Waals surface area contributed by atoms with Crippen molar-refractivity contribution in [2.24, 2.45) is 28.2 Å². The van der Waals surface area contributed by atoms with E-state index in [9.17, 15) is 0 Å². The fraction of sp³-hybridized carbons (Fsp3) is 0.941. The van der Waals surface area contributed by atoms with Crippen molar-refractivity contribution in [1.29, 1.82) is 0 Å². The Hall–Kier alpha value is 0.